The van der Waals surface area contributed by atoms with Crippen molar-refractivity contribution in [3.05, 3.63) is 32.7 Å². The lowest BCUT2D eigenvalue weighted by Gasteiger charge is -2.23. The number of aromatic nitrogens is 3. The number of carbonyl (C=O) groups excluding carboxylic acids is 1. The van der Waals surface area contributed by atoms with Gasteiger partial charge in [-0.1, -0.05) is 16.8 Å². The maximum Gasteiger partial charge on any atom is 0.276 e. The van der Waals surface area contributed by atoms with Gasteiger partial charge in [-0.25, -0.2) is 4.68 Å². The summed E-state index contributed by atoms with van der Waals surface area (Å²) in [6.07, 6.45) is 2.03. The van der Waals surface area contributed by atoms with Crippen molar-refractivity contribution in [3.8, 4) is 0 Å². The fourth-order valence-corrected chi connectivity index (χ4v) is 4.14. The van der Waals surface area contributed by atoms with Crippen LogP contribution in [0.4, 0.5) is 0 Å². The Morgan fingerprint density at radius 1 is 1.46 bits per heavy atom. The molecule has 0 aliphatic carbocycles. The summed E-state index contributed by atoms with van der Waals surface area (Å²) in [6, 6.07) is 4.15. The van der Waals surface area contributed by atoms with Crippen LogP contribution in [0.3, 0.4) is 0 Å². The smallest absolute Gasteiger partial charge is 0.276 e. The van der Waals surface area contributed by atoms with Gasteiger partial charge in [-0.3, -0.25) is 4.79 Å². The predicted molar refractivity (Wildman–Crippen MR) is 95.6 cm³/mol. The van der Waals surface area contributed by atoms with Crippen LogP contribution in [0.2, 0.25) is 4.34 Å². The molecule has 1 fully saturated rings. The lowest BCUT2D eigenvalue weighted by molar-refractivity contribution is 0.0747. The average molecular weight is 368 g/mol. The molecule has 3 heterocycles. The van der Waals surface area contributed by atoms with E-state index in [1.54, 1.807) is 4.90 Å². The Morgan fingerprint density at radius 2 is 2.21 bits per heavy atom. The molecule has 6 nitrogen and oxygen atoms in total. The third kappa shape index (κ3) is 3.63. The predicted octanol–water partition coefficient (Wildman–Crippen LogP) is 2.89. The Bertz CT molecular complexity index is 707. The number of halogens is 1. The van der Waals surface area contributed by atoms with E-state index < -0.39 is 0 Å². The van der Waals surface area contributed by atoms with Crippen LogP contribution >= 0.6 is 22.9 Å². The van der Waals surface area contributed by atoms with Crippen LogP contribution in [-0.2, 0) is 6.54 Å². The van der Waals surface area contributed by atoms with Crippen LogP contribution in [0.1, 0.15) is 46.9 Å². The second-order valence-electron chi connectivity index (χ2n) is 5.97. The monoisotopic (exact) mass is 367 g/mol. The lowest BCUT2D eigenvalue weighted by Crippen LogP contribution is -2.32. The van der Waals surface area contributed by atoms with E-state index in [9.17, 15) is 4.79 Å². The van der Waals surface area contributed by atoms with E-state index in [1.807, 2.05) is 30.7 Å². The van der Waals surface area contributed by atoms with Crippen molar-refractivity contribution in [1.82, 2.24) is 25.2 Å². The number of rotatable bonds is 5. The number of nitrogens with one attached hydrogen (secondary N) is 1. The molecule has 1 saturated heterocycles. The quantitative estimate of drug-likeness (QED) is 0.882. The Balaban J connectivity index is 1.76. The van der Waals surface area contributed by atoms with E-state index in [4.69, 9.17) is 11.6 Å². The summed E-state index contributed by atoms with van der Waals surface area (Å²) in [4.78, 5) is 15.7. The molecule has 8 heteroatoms. The van der Waals surface area contributed by atoms with E-state index in [0.717, 1.165) is 40.8 Å². The number of carbonyl (C=O) groups is 1. The highest BCUT2D eigenvalue weighted by Gasteiger charge is 2.25. The van der Waals surface area contributed by atoms with Crippen LogP contribution in [0.25, 0.3) is 0 Å². The molecular weight excluding hydrogens is 346 g/mol. The Hall–Kier alpha value is -1.44. The molecule has 2 aromatic heterocycles. The van der Waals surface area contributed by atoms with Gasteiger partial charge in [0.05, 0.1) is 22.6 Å². The van der Waals surface area contributed by atoms with Gasteiger partial charge in [0.15, 0.2) is 5.69 Å². The number of thiophene rings is 1. The highest BCUT2D eigenvalue weighted by atomic mass is 35.5. The maximum absolute atomic E-state index is 12.9. The minimum absolute atomic E-state index is 0.0697. The largest absolute Gasteiger partial charge is 0.332 e. The van der Waals surface area contributed by atoms with Gasteiger partial charge < -0.3 is 10.2 Å². The van der Waals surface area contributed by atoms with Crippen molar-refractivity contribution < 1.29 is 4.79 Å². The SMILES string of the molecule is CCN(Cc1ccc(Cl)s1)C(=O)c1nnn(C2CCNCC2)c1C. The number of hydrogen-bond acceptors (Lipinski definition) is 5. The molecular formula is C16H22ClN5OS. The van der Waals surface area contributed by atoms with Crippen molar-refractivity contribution in [1.29, 1.82) is 0 Å². The van der Waals surface area contributed by atoms with Gasteiger partial charge in [-0.15, -0.1) is 16.4 Å². The molecule has 130 valence electrons. The first-order chi connectivity index (χ1) is 11.6. The molecule has 2 aromatic rings. The van der Waals surface area contributed by atoms with E-state index in [2.05, 4.69) is 15.6 Å². The summed E-state index contributed by atoms with van der Waals surface area (Å²) in [7, 11) is 0. The molecule has 0 unspecified atom stereocenters. The zero-order valence-corrected chi connectivity index (χ0v) is 15.5. The van der Waals surface area contributed by atoms with Crippen LogP contribution in [-0.4, -0.2) is 45.4 Å². The number of nitrogens with zero attached hydrogens (tertiary/aromatic N) is 4. The molecule has 0 saturated carbocycles. The van der Waals surface area contributed by atoms with Gasteiger partial charge in [-0.05, 0) is 51.9 Å². The molecule has 0 atom stereocenters. The average Bonchev–Trinajstić information content (AvgIpc) is 3.18. The fraction of sp³-hybridized carbons (Fsp3) is 0.562. The highest BCUT2D eigenvalue weighted by molar-refractivity contribution is 7.16. The van der Waals surface area contributed by atoms with Crippen molar-refractivity contribution >= 4 is 28.8 Å². The molecule has 24 heavy (non-hydrogen) atoms. The molecule has 0 spiro atoms. The zero-order chi connectivity index (χ0) is 17.1. The first-order valence-electron chi connectivity index (χ1n) is 8.26. The minimum Gasteiger partial charge on any atom is -0.332 e. The molecule has 1 N–H and O–H groups in total. The normalized spacial score (nSPS) is 15.6. The van der Waals surface area contributed by atoms with Crippen LogP contribution in [0, 0.1) is 6.92 Å². The van der Waals surface area contributed by atoms with Crippen LogP contribution in [0.15, 0.2) is 12.1 Å². The zero-order valence-electron chi connectivity index (χ0n) is 14.0. The van der Waals surface area contributed by atoms with Gasteiger partial charge in [0, 0.05) is 11.4 Å². The third-order valence-corrected chi connectivity index (χ3v) is 5.64. The summed E-state index contributed by atoms with van der Waals surface area (Å²) < 4.78 is 2.66. The van der Waals surface area contributed by atoms with Crippen molar-refractivity contribution in [3.63, 3.8) is 0 Å². The molecule has 0 bridgehead atoms. The minimum atomic E-state index is -0.0697. The summed E-state index contributed by atoms with van der Waals surface area (Å²) in [5.74, 6) is -0.0697. The summed E-state index contributed by atoms with van der Waals surface area (Å²) in [5, 5.41) is 11.8. The Labute approximate surface area is 150 Å². The molecule has 0 aromatic carbocycles. The summed E-state index contributed by atoms with van der Waals surface area (Å²) in [6.45, 7) is 7.03. The topological polar surface area (TPSA) is 63.1 Å². The van der Waals surface area contributed by atoms with Crippen molar-refractivity contribution in [2.75, 3.05) is 19.6 Å². The van der Waals surface area contributed by atoms with E-state index in [-0.39, 0.29) is 5.91 Å². The van der Waals surface area contributed by atoms with E-state index in [1.165, 1.54) is 11.3 Å². The van der Waals surface area contributed by atoms with Gasteiger partial charge in [0.1, 0.15) is 0 Å². The number of amides is 1. The molecule has 1 aliphatic rings. The van der Waals surface area contributed by atoms with Gasteiger partial charge in [0.2, 0.25) is 0 Å². The van der Waals surface area contributed by atoms with E-state index in [0.29, 0.717) is 24.8 Å². The number of hydrogen-bond donors (Lipinski definition) is 1. The van der Waals surface area contributed by atoms with Gasteiger partial charge in [0.25, 0.3) is 5.91 Å². The van der Waals surface area contributed by atoms with Crippen LogP contribution < -0.4 is 5.32 Å². The Kier molecular flexibility index (Phi) is 5.53. The Morgan fingerprint density at radius 3 is 2.83 bits per heavy atom. The number of piperidine rings is 1. The first kappa shape index (κ1) is 17.4. The van der Waals surface area contributed by atoms with Crippen molar-refractivity contribution in [2.24, 2.45) is 0 Å². The lowest BCUT2D eigenvalue weighted by atomic mass is 10.1. The highest BCUT2D eigenvalue weighted by Crippen LogP contribution is 2.24. The molecule has 1 amide bonds. The van der Waals surface area contributed by atoms with E-state index >= 15 is 0 Å². The van der Waals surface area contributed by atoms with Crippen molar-refractivity contribution in [2.45, 2.75) is 39.3 Å². The third-order valence-electron chi connectivity index (χ3n) is 4.43. The maximum atomic E-state index is 12.9. The van der Waals surface area contributed by atoms with Gasteiger partial charge in [-0.2, -0.15) is 0 Å². The fourth-order valence-electron chi connectivity index (χ4n) is 3.04. The first-order valence-corrected chi connectivity index (χ1v) is 9.45. The molecule has 0 radical (unpaired) electrons. The summed E-state index contributed by atoms with van der Waals surface area (Å²) >= 11 is 7.48. The van der Waals surface area contributed by atoms with Crippen LogP contribution in [0.5, 0.6) is 0 Å². The standard InChI is InChI=1S/C16H22ClN5OS/c1-3-21(10-13-4-5-14(17)24-13)16(23)15-11(2)22(20-19-15)12-6-8-18-9-7-12/h4-5,12,18H,3,6-10H2,1-2H3. The summed E-state index contributed by atoms with van der Waals surface area (Å²) in [5.41, 5.74) is 1.31. The molecule has 3 rings (SSSR count). The molecule has 1 aliphatic heterocycles. The second kappa shape index (κ2) is 7.63. The second-order valence-corrected chi connectivity index (χ2v) is 7.77. The van der Waals surface area contributed by atoms with Gasteiger partial charge >= 0.3 is 0 Å².